The van der Waals surface area contributed by atoms with Crippen molar-refractivity contribution in [3.05, 3.63) is 53.6 Å². The zero-order valence-corrected chi connectivity index (χ0v) is 21.6. The number of nitrogens with two attached hydrogens (primary N) is 1. The summed E-state index contributed by atoms with van der Waals surface area (Å²) in [4.78, 5) is 20.8. The average molecular weight is 509 g/mol. The Morgan fingerprint density at radius 1 is 0.946 bits per heavy atom. The number of carbonyl (C=O) groups is 1. The third-order valence-electron chi connectivity index (χ3n) is 8.44. The topological polar surface area (TPSA) is 94.2 Å². The number of phenolic OH excluding ortho intramolecular Hbond substituents is 1. The second-order valence-corrected chi connectivity index (χ2v) is 10.8. The molecule has 200 valence electrons. The minimum absolute atomic E-state index is 0.137. The smallest absolute Gasteiger partial charge is 0.162 e. The normalized spacial score (nSPS) is 22.2. The summed E-state index contributed by atoms with van der Waals surface area (Å²) in [6.07, 6.45) is 10.6. The Labute approximate surface area is 219 Å². The Morgan fingerprint density at radius 3 is 2.32 bits per heavy atom. The van der Waals surface area contributed by atoms with Gasteiger partial charge in [-0.05, 0) is 80.5 Å². The van der Waals surface area contributed by atoms with E-state index in [1.807, 2.05) is 12.1 Å². The lowest BCUT2D eigenvalue weighted by molar-refractivity contribution is -0.00874. The Morgan fingerprint density at radius 2 is 1.62 bits per heavy atom. The number of ketones is 1. The van der Waals surface area contributed by atoms with E-state index in [1.54, 1.807) is 24.3 Å². The second-order valence-electron chi connectivity index (χ2n) is 10.8. The number of aromatic hydroxyl groups is 1. The van der Waals surface area contributed by atoms with Gasteiger partial charge in [0.15, 0.2) is 17.3 Å². The number of hydrogen-bond donors (Lipinski definition) is 2. The molecule has 0 saturated carbocycles. The standard InChI is InChI=1S/C30H40N2O5/c31-37-30(22-9-16-28-29(19-22)36-18-17-35-28)23(20-32-24-10-11-25(32)13-12-24)5-3-1-2-4-6-27(34)21-7-14-26(33)15-8-21/h7-9,14-16,19,23-25,30,33H,1-6,10-13,17-18,20,31H2/t23?,24?,25?,30-/m1/s1. The number of Topliss-reactive ketones (excluding diaryl/α,β-unsaturated/α-hetero) is 1. The van der Waals surface area contributed by atoms with Crippen LogP contribution in [0.25, 0.3) is 0 Å². The van der Waals surface area contributed by atoms with Crippen molar-refractivity contribution in [1.82, 2.24) is 4.90 Å². The molecule has 2 bridgehead atoms. The molecule has 3 N–H and O–H groups in total. The molecule has 2 aromatic rings. The van der Waals surface area contributed by atoms with E-state index in [1.165, 1.54) is 25.7 Å². The van der Waals surface area contributed by atoms with Crippen LogP contribution in [0.5, 0.6) is 17.2 Å². The molecular weight excluding hydrogens is 468 g/mol. The van der Waals surface area contributed by atoms with Gasteiger partial charge in [0.2, 0.25) is 0 Å². The van der Waals surface area contributed by atoms with Crippen LogP contribution in [0.2, 0.25) is 0 Å². The van der Waals surface area contributed by atoms with E-state index >= 15 is 0 Å². The van der Waals surface area contributed by atoms with Gasteiger partial charge in [-0.1, -0.05) is 25.3 Å². The minimum Gasteiger partial charge on any atom is -0.508 e. The molecule has 2 atom stereocenters. The number of unbranched alkanes of at least 4 members (excludes halogenated alkanes) is 3. The third-order valence-corrected chi connectivity index (χ3v) is 8.44. The fourth-order valence-electron chi connectivity index (χ4n) is 6.46. The maximum atomic E-state index is 12.4. The van der Waals surface area contributed by atoms with E-state index in [9.17, 15) is 9.90 Å². The van der Waals surface area contributed by atoms with Gasteiger partial charge >= 0.3 is 0 Å². The molecule has 0 spiro atoms. The lowest BCUT2D eigenvalue weighted by Gasteiger charge is -2.32. The molecule has 2 saturated heterocycles. The lowest BCUT2D eigenvalue weighted by Crippen LogP contribution is -2.37. The maximum absolute atomic E-state index is 12.4. The molecule has 0 radical (unpaired) electrons. The van der Waals surface area contributed by atoms with E-state index in [0.717, 1.165) is 55.7 Å². The van der Waals surface area contributed by atoms with Gasteiger partial charge in [0.05, 0.1) is 0 Å². The van der Waals surface area contributed by atoms with Gasteiger partial charge in [0.1, 0.15) is 25.1 Å². The molecule has 7 heteroatoms. The molecule has 3 aliphatic rings. The monoisotopic (exact) mass is 508 g/mol. The Bertz CT molecular complexity index is 1020. The highest BCUT2D eigenvalue weighted by molar-refractivity contribution is 5.96. The van der Waals surface area contributed by atoms with Gasteiger partial charge in [-0.25, -0.2) is 5.90 Å². The molecule has 2 aromatic carbocycles. The zero-order valence-electron chi connectivity index (χ0n) is 21.6. The van der Waals surface area contributed by atoms with E-state index in [-0.39, 0.29) is 23.6 Å². The summed E-state index contributed by atoms with van der Waals surface area (Å²) in [6.45, 7) is 2.13. The summed E-state index contributed by atoms with van der Waals surface area (Å²) < 4.78 is 11.5. The first-order chi connectivity index (χ1) is 18.1. The second kappa shape index (κ2) is 12.3. The molecular formula is C30H40N2O5. The maximum Gasteiger partial charge on any atom is 0.162 e. The van der Waals surface area contributed by atoms with Gasteiger partial charge in [0.25, 0.3) is 0 Å². The van der Waals surface area contributed by atoms with Crippen LogP contribution in [0.1, 0.15) is 86.2 Å². The first-order valence-electron chi connectivity index (χ1n) is 14.0. The van der Waals surface area contributed by atoms with Crippen molar-refractivity contribution in [3.8, 4) is 17.2 Å². The third kappa shape index (κ3) is 6.28. The molecule has 3 heterocycles. The molecule has 3 aliphatic heterocycles. The van der Waals surface area contributed by atoms with Crippen molar-refractivity contribution in [2.24, 2.45) is 11.8 Å². The van der Waals surface area contributed by atoms with Crippen LogP contribution in [0.15, 0.2) is 42.5 Å². The Balaban J connectivity index is 1.17. The SMILES string of the molecule is NO[C@H](c1ccc2c(c1)OCCO2)C(CCCCCCC(=O)c1ccc(O)cc1)CN1C2CCC1CC2. The fraction of sp³-hybridized carbons (Fsp3) is 0.567. The van der Waals surface area contributed by atoms with Crippen molar-refractivity contribution in [2.45, 2.75) is 82.4 Å². The van der Waals surface area contributed by atoms with Crippen molar-refractivity contribution in [3.63, 3.8) is 0 Å². The van der Waals surface area contributed by atoms with E-state index in [0.29, 0.717) is 37.3 Å². The summed E-state index contributed by atoms with van der Waals surface area (Å²) in [7, 11) is 0. The van der Waals surface area contributed by atoms with Crippen LogP contribution in [0.4, 0.5) is 0 Å². The molecule has 1 unspecified atom stereocenters. The first-order valence-corrected chi connectivity index (χ1v) is 14.0. The fourth-order valence-corrected chi connectivity index (χ4v) is 6.46. The first kappa shape index (κ1) is 26.0. The Hall–Kier alpha value is -2.61. The van der Waals surface area contributed by atoms with Crippen LogP contribution < -0.4 is 15.4 Å². The highest BCUT2D eigenvalue weighted by Crippen LogP contribution is 2.42. The lowest BCUT2D eigenvalue weighted by atomic mass is 9.89. The molecule has 5 rings (SSSR count). The van der Waals surface area contributed by atoms with Crippen LogP contribution in [-0.2, 0) is 4.84 Å². The summed E-state index contributed by atoms with van der Waals surface area (Å²) in [5, 5.41) is 9.42. The molecule has 0 amide bonds. The molecule has 0 aromatic heterocycles. The molecule has 2 fully saturated rings. The highest BCUT2D eigenvalue weighted by atomic mass is 16.6. The minimum atomic E-state index is -0.202. The van der Waals surface area contributed by atoms with Crippen LogP contribution in [-0.4, -0.2) is 47.6 Å². The van der Waals surface area contributed by atoms with Crippen molar-refractivity contribution >= 4 is 5.78 Å². The predicted molar refractivity (Wildman–Crippen MR) is 142 cm³/mol. The van der Waals surface area contributed by atoms with Crippen LogP contribution in [0, 0.1) is 5.92 Å². The number of hydrogen-bond acceptors (Lipinski definition) is 7. The quantitative estimate of drug-likeness (QED) is 0.208. The number of nitrogens with zero attached hydrogens (tertiary/aromatic N) is 1. The molecule has 37 heavy (non-hydrogen) atoms. The van der Waals surface area contributed by atoms with Gasteiger partial charge in [-0.3, -0.25) is 14.5 Å². The number of carbonyl (C=O) groups excluding carboxylic acids is 1. The van der Waals surface area contributed by atoms with Crippen LogP contribution in [0.3, 0.4) is 0 Å². The number of phenols is 1. The molecule has 0 aliphatic carbocycles. The summed E-state index contributed by atoms with van der Waals surface area (Å²) in [6, 6.07) is 14.0. The number of ether oxygens (including phenoxy) is 2. The van der Waals surface area contributed by atoms with Crippen molar-refractivity contribution in [1.29, 1.82) is 0 Å². The van der Waals surface area contributed by atoms with Gasteiger partial charge in [0, 0.05) is 36.5 Å². The Kier molecular flexibility index (Phi) is 8.64. The highest BCUT2D eigenvalue weighted by Gasteiger charge is 2.41. The van der Waals surface area contributed by atoms with Gasteiger partial charge < -0.3 is 14.6 Å². The summed E-state index contributed by atoms with van der Waals surface area (Å²) in [5.74, 6) is 8.10. The van der Waals surface area contributed by atoms with Crippen LogP contribution >= 0.6 is 0 Å². The van der Waals surface area contributed by atoms with Crippen molar-refractivity contribution in [2.75, 3.05) is 19.8 Å². The van der Waals surface area contributed by atoms with E-state index < -0.39 is 0 Å². The summed E-state index contributed by atoms with van der Waals surface area (Å²) in [5.41, 5.74) is 1.71. The van der Waals surface area contributed by atoms with E-state index in [4.69, 9.17) is 20.2 Å². The largest absolute Gasteiger partial charge is 0.508 e. The average Bonchev–Trinajstić information content (AvgIpc) is 3.50. The van der Waals surface area contributed by atoms with Gasteiger partial charge in [-0.2, -0.15) is 0 Å². The zero-order chi connectivity index (χ0) is 25.6. The number of rotatable bonds is 13. The molecule has 7 nitrogen and oxygen atoms in total. The summed E-state index contributed by atoms with van der Waals surface area (Å²) >= 11 is 0. The number of fused-ring (bicyclic) bond motifs is 3. The van der Waals surface area contributed by atoms with Crippen molar-refractivity contribution < 1.29 is 24.2 Å². The number of benzene rings is 2. The predicted octanol–water partition coefficient (Wildman–Crippen LogP) is 5.56. The van der Waals surface area contributed by atoms with E-state index in [2.05, 4.69) is 11.0 Å². The van der Waals surface area contributed by atoms with Gasteiger partial charge in [-0.15, -0.1) is 0 Å².